The molecule has 0 aliphatic heterocycles. The van der Waals surface area contributed by atoms with E-state index in [2.05, 4.69) is 15.5 Å². The van der Waals surface area contributed by atoms with Crippen molar-refractivity contribution < 1.29 is 9.53 Å². The number of methoxy groups -OCH3 is 1. The summed E-state index contributed by atoms with van der Waals surface area (Å²) in [6, 6.07) is 6.84. The summed E-state index contributed by atoms with van der Waals surface area (Å²) in [6.07, 6.45) is 0.824. The smallest absolute Gasteiger partial charge is 0.259 e. The number of aryl methyl sites for hydroxylation is 1. The molecule has 6 heteroatoms. The van der Waals surface area contributed by atoms with Crippen LogP contribution in [0.4, 0.5) is 11.5 Å². The summed E-state index contributed by atoms with van der Waals surface area (Å²) >= 11 is 0. The van der Waals surface area contributed by atoms with Crippen molar-refractivity contribution in [1.29, 1.82) is 0 Å². The topological polar surface area (TPSA) is 93.0 Å². The molecule has 1 aromatic carbocycles. The summed E-state index contributed by atoms with van der Waals surface area (Å²) in [4.78, 5) is 12.1. The van der Waals surface area contributed by atoms with Gasteiger partial charge in [0.2, 0.25) is 0 Å². The molecule has 19 heavy (non-hydrogen) atoms. The predicted octanol–water partition coefficient (Wildman–Crippen LogP) is 1.82. The van der Waals surface area contributed by atoms with Gasteiger partial charge in [0, 0.05) is 11.8 Å². The van der Waals surface area contributed by atoms with Crippen molar-refractivity contribution in [3.8, 4) is 5.75 Å². The number of H-pyrrole nitrogens is 1. The zero-order valence-electron chi connectivity index (χ0n) is 10.9. The van der Waals surface area contributed by atoms with Crippen molar-refractivity contribution in [2.24, 2.45) is 0 Å². The Morgan fingerprint density at radius 1 is 1.53 bits per heavy atom. The molecular formula is C13H16N4O2. The second-order valence-electron chi connectivity index (χ2n) is 4.01. The molecule has 6 nitrogen and oxygen atoms in total. The molecule has 0 aliphatic carbocycles. The zero-order chi connectivity index (χ0) is 13.8. The van der Waals surface area contributed by atoms with Crippen molar-refractivity contribution in [3.63, 3.8) is 0 Å². The van der Waals surface area contributed by atoms with Crippen molar-refractivity contribution >= 4 is 17.4 Å². The zero-order valence-corrected chi connectivity index (χ0v) is 10.9. The number of nitrogens with two attached hydrogens (primary N) is 1. The summed E-state index contributed by atoms with van der Waals surface area (Å²) < 4.78 is 5.08. The minimum Gasteiger partial charge on any atom is -0.495 e. The van der Waals surface area contributed by atoms with Crippen LogP contribution in [0.1, 0.15) is 23.0 Å². The molecular weight excluding hydrogens is 244 g/mol. The van der Waals surface area contributed by atoms with Crippen LogP contribution >= 0.6 is 0 Å². The molecule has 0 saturated carbocycles. The second kappa shape index (κ2) is 5.43. The lowest BCUT2D eigenvalue weighted by molar-refractivity contribution is 0.102. The molecule has 1 aromatic heterocycles. The van der Waals surface area contributed by atoms with Crippen LogP contribution in [0.25, 0.3) is 0 Å². The summed E-state index contributed by atoms with van der Waals surface area (Å²) in [5.74, 6) is 0.638. The van der Waals surface area contributed by atoms with Crippen LogP contribution in [0.3, 0.4) is 0 Å². The third-order valence-electron chi connectivity index (χ3n) is 2.78. The Morgan fingerprint density at radius 2 is 2.32 bits per heavy atom. The molecule has 100 valence electrons. The number of hydrogen-bond acceptors (Lipinski definition) is 4. The van der Waals surface area contributed by atoms with Crippen LogP contribution in [0, 0.1) is 0 Å². The van der Waals surface area contributed by atoms with Crippen LogP contribution in [0.5, 0.6) is 5.75 Å². The van der Waals surface area contributed by atoms with Gasteiger partial charge in [-0.2, -0.15) is 5.10 Å². The molecule has 0 saturated heterocycles. The fraction of sp³-hybridized carbons (Fsp3) is 0.231. The van der Waals surface area contributed by atoms with Crippen molar-refractivity contribution in [2.75, 3.05) is 18.2 Å². The number of aromatic nitrogens is 2. The molecule has 0 fully saturated rings. The highest BCUT2D eigenvalue weighted by atomic mass is 16.5. The normalized spacial score (nSPS) is 10.2. The van der Waals surface area contributed by atoms with Crippen molar-refractivity contribution in [1.82, 2.24) is 10.2 Å². The van der Waals surface area contributed by atoms with Crippen LogP contribution in [-0.4, -0.2) is 23.2 Å². The number of anilines is 2. The van der Waals surface area contributed by atoms with Crippen LogP contribution in [0.15, 0.2) is 24.3 Å². The fourth-order valence-corrected chi connectivity index (χ4v) is 1.71. The maximum absolute atomic E-state index is 12.1. The third kappa shape index (κ3) is 2.67. The van der Waals surface area contributed by atoms with Crippen LogP contribution in [-0.2, 0) is 6.42 Å². The van der Waals surface area contributed by atoms with Gasteiger partial charge in [-0.25, -0.2) is 0 Å². The quantitative estimate of drug-likeness (QED) is 0.731. The minimum atomic E-state index is -0.314. The average Bonchev–Trinajstić information content (AvgIpc) is 2.86. The van der Waals surface area contributed by atoms with E-state index in [0.29, 0.717) is 22.8 Å². The van der Waals surface area contributed by atoms with Gasteiger partial charge in [-0.15, -0.1) is 0 Å². The number of nitrogens with one attached hydrogen (secondary N) is 2. The molecule has 0 radical (unpaired) electrons. The maximum Gasteiger partial charge on any atom is 0.259 e. The molecule has 2 rings (SSSR count). The molecule has 2 aromatic rings. The van der Waals surface area contributed by atoms with Crippen molar-refractivity contribution in [2.45, 2.75) is 13.3 Å². The molecule has 1 heterocycles. The Bertz CT molecular complexity index is 592. The summed E-state index contributed by atoms with van der Waals surface area (Å²) in [6.45, 7) is 2.00. The van der Waals surface area contributed by atoms with E-state index in [1.165, 1.54) is 7.11 Å². The van der Waals surface area contributed by atoms with Crippen LogP contribution in [0.2, 0.25) is 0 Å². The number of carbonyl (C=O) groups is 1. The van der Waals surface area contributed by atoms with Gasteiger partial charge in [-0.1, -0.05) is 13.0 Å². The largest absolute Gasteiger partial charge is 0.495 e. The van der Waals surface area contributed by atoms with E-state index in [1.807, 2.05) is 6.92 Å². The summed E-state index contributed by atoms with van der Waals surface area (Å²) in [5, 5.41) is 9.51. The van der Waals surface area contributed by atoms with Gasteiger partial charge >= 0.3 is 0 Å². The molecule has 0 spiro atoms. The minimum absolute atomic E-state index is 0.314. The Kier molecular flexibility index (Phi) is 3.70. The van der Waals surface area contributed by atoms with Crippen LogP contribution < -0.4 is 15.8 Å². The number of benzene rings is 1. The number of aromatic amines is 1. The number of ether oxygens (including phenoxy) is 1. The Labute approximate surface area is 111 Å². The van der Waals surface area contributed by atoms with Gasteiger partial charge in [0.1, 0.15) is 5.75 Å². The first-order valence-electron chi connectivity index (χ1n) is 5.93. The first kappa shape index (κ1) is 12.9. The van der Waals surface area contributed by atoms with Gasteiger partial charge in [-0.3, -0.25) is 9.89 Å². The number of amides is 1. The SMILES string of the molecule is CCc1cc(NC(=O)c2cccc(OC)c2N)n[nH]1. The molecule has 1 amide bonds. The first-order valence-corrected chi connectivity index (χ1v) is 5.93. The number of nitrogen functional groups attached to an aromatic ring is 1. The fourth-order valence-electron chi connectivity index (χ4n) is 1.71. The number of rotatable bonds is 4. The molecule has 4 N–H and O–H groups in total. The molecule has 0 aliphatic rings. The van der Waals surface area contributed by atoms with Gasteiger partial charge in [-0.05, 0) is 18.6 Å². The monoisotopic (exact) mass is 260 g/mol. The highest BCUT2D eigenvalue weighted by molar-refractivity contribution is 6.08. The number of carbonyl (C=O) groups excluding carboxylic acids is 1. The lowest BCUT2D eigenvalue weighted by Gasteiger charge is -2.09. The van der Waals surface area contributed by atoms with E-state index in [0.717, 1.165) is 12.1 Å². The van der Waals surface area contributed by atoms with E-state index in [-0.39, 0.29) is 5.91 Å². The standard InChI is InChI=1S/C13H16N4O2/c1-3-8-7-11(17-16-8)15-13(18)9-5-4-6-10(19-2)12(9)14/h4-7H,3,14H2,1-2H3,(H2,15,16,17,18). The summed E-state index contributed by atoms with van der Waals surface area (Å²) in [5.41, 5.74) is 7.49. The van der Waals surface area contributed by atoms with E-state index in [9.17, 15) is 4.79 Å². The predicted molar refractivity (Wildman–Crippen MR) is 73.3 cm³/mol. The highest BCUT2D eigenvalue weighted by Gasteiger charge is 2.14. The molecule has 0 unspecified atom stereocenters. The van der Waals surface area contributed by atoms with Gasteiger partial charge in [0.15, 0.2) is 5.82 Å². The van der Waals surface area contributed by atoms with Gasteiger partial charge in [0.05, 0.1) is 18.4 Å². The van der Waals surface area contributed by atoms with E-state index >= 15 is 0 Å². The molecule has 0 bridgehead atoms. The summed E-state index contributed by atoms with van der Waals surface area (Å²) in [7, 11) is 1.51. The third-order valence-corrected chi connectivity index (χ3v) is 2.78. The highest BCUT2D eigenvalue weighted by Crippen LogP contribution is 2.25. The van der Waals surface area contributed by atoms with E-state index in [4.69, 9.17) is 10.5 Å². The van der Waals surface area contributed by atoms with Crippen molar-refractivity contribution in [3.05, 3.63) is 35.5 Å². The van der Waals surface area contributed by atoms with E-state index < -0.39 is 0 Å². The lowest BCUT2D eigenvalue weighted by atomic mass is 10.1. The molecule has 0 atom stereocenters. The Morgan fingerprint density at radius 3 is 2.95 bits per heavy atom. The number of nitrogens with zero attached hydrogens (tertiary/aromatic N) is 1. The lowest BCUT2D eigenvalue weighted by Crippen LogP contribution is -2.14. The van der Waals surface area contributed by atoms with Gasteiger partial charge in [0.25, 0.3) is 5.91 Å². The van der Waals surface area contributed by atoms with E-state index in [1.54, 1.807) is 24.3 Å². The Balaban J connectivity index is 2.20. The Hall–Kier alpha value is -2.50. The second-order valence-corrected chi connectivity index (χ2v) is 4.01. The maximum atomic E-state index is 12.1. The number of para-hydroxylation sites is 1. The number of hydrogen-bond donors (Lipinski definition) is 3. The van der Waals surface area contributed by atoms with Gasteiger partial charge < -0.3 is 15.8 Å². The first-order chi connectivity index (χ1) is 9.15. The average molecular weight is 260 g/mol.